The summed E-state index contributed by atoms with van der Waals surface area (Å²) in [6.45, 7) is 7.49. The molecule has 0 saturated heterocycles. The van der Waals surface area contributed by atoms with Crippen LogP contribution in [0.15, 0.2) is 12.0 Å². The predicted molar refractivity (Wildman–Crippen MR) is 52.1 cm³/mol. The quantitative estimate of drug-likeness (QED) is 0.339. The average molecular weight is 171 g/mol. The molecule has 0 aliphatic carbocycles. The van der Waals surface area contributed by atoms with Gasteiger partial charge in [-0.1, -0.05) is 38.6 Å². The molecule has 11 heavy (non-hydrogen) atoms. The van der Waals surface area contributed by atoms with Crippen LogP contribution in [-0.4, -0.2) is 15.4 Å². The van der Waals surface area contributed by atoms with Crippen LogP contribution in [0, 0.1) is 0 Å². The van der Waals surface area contributed by atoms with Crippen LogP contribution in [0.4, 0.5) is 0 Å². The molecule has 0 aliphatic heterocycles. The Morgan fingerprint density at radius 2 is 1.82 bits per heavy atom. The van der Waals surface area contributed by atoms with Crippen LogP contribution in [0.1, 0.15) is 27.2 Å². The highest BCUT2D eigenvalue weighted by Crippen LogP contribution is 1.99. The molecule has 2 heteroatoms. The first-order valence-corrected chi connectivity index (χ1v) is 6.47. The van der Waals surface area contributed by atoms with Crippen molar-refractivity contribution in [2.24, 2.45) is 0 Å². The first kappa shape index (κ1) is 10.8. The molecule has 0 fully saturated rings. The summed E-state index contributed by atoms with van der Waals surface area (Å²) >= 11 is 0. The number of hydrogen-bond donors (Lipinski definition) is 0. The number of rotatable bonds is 6. The maximum atomic E-state index is 5.26. The van der Waals surface area contributed by atoms with Crippen molar-refractivity contribution >= 4 is 8.80 Å². The Kier molecular flexibility index (Phi) is 7.69. The Bertz CT molecular complexity index is 97.7. The SMILES string of the molecule is CCCOC=C[Si](CC)CC. The molecule has 0 aliphatic rings. The van der Waals surface area contributed by atoms with Gasteiger partial charge in [0.1, 0.15) is 0 Å². The summed E-state index contributed by atoms with van der Waals surface area (Å²) < 4.78 is 5.26. The van der Waals surface area contributed by atoms with Crippen molar-refractivity contribution < 1.29 is 4.74 Å². The van der Waals surface area contributed by atoms with Crippen LogP contribution in [-0.2, 0) is 4.74 Å². The molecule has 0 aromatic rings. The fraction of sp³-hybridized carbons (Fsp3) is 0.778. The van der Waals surface area contributed by atoms with Crippen LogP contribution >= 0.6 is 0 Å². The zero-order valence-corrected chi connectivity index (χ0v) is 8.89. The maximum absolute atomic E-state index is 5.26. The molecule has 0 heterocycles. The molecule has 0 rings (SSSR count). The van der Waals surface area contributed by atoms with Gasteiger partial charge in [-0.3, -0.25) is 0 Å². The summed E-state index contributed by atoms with van der Waals surface area (Å²) in [4.78, 5) is 0. The van der Waals surface area contributed by atoms with Crippen molar-refractivity contribution in [3.05, 3.63) is 12.0 Å². The van der Waals surface area contributed by atoms with Crippen molar-refractivity contribution in [1.29, 1.82) is 0 Å². The van der Waals surface area contributed by atoms with Gasteiger partial charge in [-0.15, -0.1) is 0 Å². The average Bonchev–Trinajstić information content (AvgIpc) is 2.05. The van der Waals surface area contributed by atoms with Gasteiger partial charge >= 0.3 is 0 Å². The lowest BCUT2D eigenvalue weighted by molar-refractivity contribution is 0.250. The molecular formula is C9H19OSi. The summed E-state index contributed by atoms with van der Waals surface area (Å²) in [5.41, 5.74) is 2.26. The van der Waals surface area contributed by atoms with Crippen molar-refractivity contribution in [3.63, 3.8) is 0 Å². The smallest absolute Gasteiger partial charge is 0.0870 e. The summed E-state index contributed by atoms with van der Waals surface area (Å²) in [5, 5.41) is 0. The monoisotopic (exact) mass is 171 g/mol. The Morgan fingerprint density at radius 1 is 1.18 bits per heavy atom. The predicted octanol–water partition coefficient (Wildman–Crippen LogP) is 3.00. The minimum atomic E-state index is -0.209. The first-order valence-electron chi connectivity index (χ1n) is 4.47. The molecule has 0 saturated carbocycles. The molecule has 0 unspecified atom stereocenters. The summed E-state index contributed by atoms with van der Waals surface area (Å²) in [6, 6.07) is 2.63. The second-order valence-corrected chi connectivity index (χ2v) is 5.60. The minimum Gasteiger partial charge on any atom is -0.502 e. The van der Waals surface area contributed by atoms with Crippen molar-refractivity contribution in [2.75, 3.05) is 6.61 Å². The standard InChI is InChI=1S/C9H19OSi/c1-4-7-10-8-9-11(5-2)6-3/h8-9H,4-7H2,1-3H3. The summed E-state index contributed by atoms with van der Waals surface area (Å²) in [5.74, 6) is 0. The minimum absolute atomic E-state index is 0.209. The van der Waals surface area contributed by atoms with Gasteiger partial charge in [0, 0.05) is 0 Å². The van der Waals surface area contributed by atoms with E-state index < -0.39 is 0 Å². The van der Waals surface area contributed by atoms with Gasteiger partial charge in [0.25, 0.3) is 0 Å². The molecular weight excluding hydrogens is 152 g/mol. The van der Waals surface area contributed by atoms with E-state index in [0.717, 1.165) is 13.0 Å². The van der Waals surface area contributed by atoms with Gasteiger partial charge in [-0.05, 0) is 6.42 Å². The van der Waals surface area contributed by atoms with Crippen molar-refractivity contribution in [3.8, 4) is 0 Å². The van der Waals surface area contributed by atoms with Crippen molar-refractivity contribution in [1.82, 2.24) is 0 Å². The third-order valence-corrected chi connectivity index (χ3v) is 4.05. The highest BCUT2D eigenvalue weighted by atomic mass is 28.3. The Hall–Kier alpha value is -0.243. The first-order chi connectivity index (χ1) is 5.35. The van der Waals surface area contributed by atoms with E-state index in [4.69, 9.17) is 4.74 Å². The van der Waals surface area contributed by atoms with E-state index in [9.17, 15) is 0 Å². The second kappa shape index (κ2) is 7.86. The molecule has 0 aromatic carbocycles. The van der Waals surface area contributed by atoms with Crippen molar-refractivity contribution in [2.45, 2.75) is 39.3 Å². The largest absolute Gasteiger partial charge is 0.502 e. The van der Waals surface area contributed by atoms with Crippen LogP contribution in [0.25, 0.3) is 0 Å². The van der Waals surface area contributed by atoms with Crippen LogP contribution in [0.3, 0.4) is 0 Å². The molecule has 0 N–H and O–H groups in total. The molecule has 1 nitrogen and oxygen atoms in total. The Labute approximate surface area is 72.1 Å². The van der Waals surface area contributed by atoms with Crippen LogP contribution in [0.5, 0.6) is 0 Å². The van der Waals surface area contributed by atoms with E-state index in [1.165, 1.54) is 12.1 Å². The maximum Gasteiger partial charge on any atom is 0.0870 e. The van der Waals surface area contributed by atoms with E-state index in [2.05, 4.69) is 26.5 Å². The Balaban J connectivity index is 3.36. The summed E-state index contributed by atoms with van der Waals surface area (Å²) in [7, 11) is -0.209. The molecule has 0 amide bonds. The lowest BCUT2D eigenvalue weighted by Gasteiger charge is -2.02. The van der Waals surface area contributed by atoms with Gasteiger partial charge in [-0.2, -0.15) is 0 Å². The molecule has 0 atom stereocenters. The second-order valence-electron chi connectivity index (χ2n) is 2.54. The van der Waals surface area contributed by atoms with Gasteiger partial charge in [-0.25, -0.2) is 0 Å². The van der Waals surface area contributed by atoms with Gasteiger partial charge in [0.05, 0.1) is 21.7 Å². The molecule has 65 valence electrons. The topological polar surface area (TPSA) is 9.23 Å². The van der Waals surface area contributed by atoms with Gasteiger partial charge in [0.15, 0.2) is 0 Å². The van der Waals surface area contributed by atoms with E-state index in [1.54, 1.807) is 0 Å². The third kappa shape index (κ3) is 6.17. The fourth-order valence-electron chi connectivity index (χ4n) is 0.816. The van der Waals surface area contributed by atoms with E-state index >= 15 is 0 Å². The highest BCUT2D eigenvalue weighted by molar-refractivity contribution is 6.63. The zero-order valence-electron chi connectivity index (χ0n) is 7.89. The molecule has 0 bridgehead atoms. The molecule has 0 spiro atoms. The van der Waals surface area contributed by atoms with E-state index in [0.29, 0.717) is 0 Å². The molecule has 1 radical (unpaired) electrons. The lowest BCUT2D eigenvalue weighted by Crippen LogP contribution is -2.04. The van der Waals surface area contributed by atoms with Gasteiger partial charge in [0.2, 0.25) is 0 Å². The fourth-order valence-corrected chi connectivity index (χ4v) is 2.08. The Morgan fingerprint density at radius 3 is 2.27 bits per heavy atom. The molecule has 0 aromatic heterocycles. The number of hydrogen-bond acceptors (Lipinski definition) is 1. The van der Waals surface area contributed by atoms with Crippen LogP contribution < -0.4 is 0 Å². The number of ether oxygens (including phenoxy) is 1. The highest BCUT2D eigenvalue weighted by Gasteiger charge is 1.98. The van der Waals surface area contributed by atoms with Gasteiger partial charge < -0.3 is 4.74 Å². The zero-order chi connectivity index (χ0) is 8.53. The third-order valence-electron chi connectivity index (χ3n) is 1.63. The summed E-state index contributed by atoms with van der Waals surface area (Å²) in [6.07, 6.45) is 3.00. The van der Waals surface area contributed by atoms with E-state index in [1.807, 2.05) is 6.26 Å². The lowest BCUT2D eigenvalue weighted by atomic mass is 10.5. The van der Waals surface area contributed by atoms with Crippen LogP contribution in [0.2, 0.25) is 12.1 Å². The normalized spacial score (nSPS) is 11.3. The van der Waals surface area contributed by atoms with E-state index in [-0.39, 0.29) is 8.80 Å².